The van der Waals surface area contributed by atoms with E-state index < -0.39 is 15.9 Å². The molecule has 0 aliphatic heterocycles. The van der Waals surface area contributed by atoms with Crippen LogP contribution in [0.3, 0.4) is 0 Å². The van der Waals surface area contributed by atoms with Crippen molar-refractivity contribution in [1.82, 2.24) is 0 Å². The van der Waals surface area contributed by atoms with Gasteiger partial charge in [0.05, 0.1) is 16.4 Å². The van der Waals surface area contributed by atoms with Gasteiger partial charge in [-0.25, -0.2) is 8.42 Å². The fourth-order valence-electron chi connectivity index (χ4n) is 2.74. The number of carbonyl (C=O) groups excluding carboxylic acids is 1. The van der Waals surface area contributed by atoms with Gasteiger partial charge in [-0.15, -0.1) is 0 Å². The topological polar surface area (TPSA) is 75.3 Å². The SMILES string of the molecule is Cc1ccc(NS(=O)(=O)c2cc(C(=O)Nc3ccccc3Br)ccc2Cl)c(C)c1. The molecule has 150 valence electrons. The molecule has 0 aliphatic rings. The van der Waals surface area contributed by atoms with Crippen LogP contribution in [0.2, 0.25) is 5.02 Å². The first-order valence-corrected chi connectivity index (χ1v) is 11.3. The van der Waals surface area contributed by atoms with Gasteiger partial charge in [-0.1, -0.05) is 41.4 Å². The maximum Gasteiger partial charge on any atom is 0.263 e. The van der Waals surface area contributed by atoms with Crippen molar-refractivity contribution in [3.8, 4) is 0 Å². The summed E-state index contributed by atoms with van der Waals surface area (Å²) < 4.78 is 29.1. The number of hydrogen-bond donors (Lipinski definition) is 2. The van der Waals surface area contributed by atoms with E-state index in [0.29, 0.717) is 15.8 Å². The first kappa shape index (κ1) is 21.4. The Hall–Kier alpha value is -2.35. The van der Waals surface area contributed by atoms with E-state index in [9.17, 15) is 13.2 Å². The molecule has 0 heterocycles. The molecule has 8 heteroatoms. The number of rotatable bonds is 5. The minimum absolute atomic E-state index is 0.0275. The lowest BCUT2D eigenvalue weighted by Crippen LogP contribution is -2.17. The Morgan fingerprint density at radius 2 is 1.69 bits per heavy atom. The Morgan fingerprint density at radius 3 is 2.38 bits per heavy atom. The highest BCUT2D eigenvalue weighted by atomic mass is 79.9. The van der Waals surface area contributed by atoms with Gasteiger partial charge >= 0.3 is 0 Å². The number of sulfonamides is 1. The monoisotopic (exact) mass is 492 g/mol. The summed E-state index contributed by atoms with van der Waals surface area (Å²) in [4.78, 5) is 12.4. The van der Waals surface area contributed by atoms with Gasteiger partial charge < -0.3 is 5.32 Å². The lowest BCUT2D eigenvalue weighted by molar-refractivity contribution is 0.102. The number of halogens is 2. The molecule has 0 saturated carbocycles. The number of nitrogens with one attached hydrogen (secondary N) is 2. The lowest BCUT2D eigenvalue weighted by Gasteiger charge is -2.13. The number of amides is 1. The van der Waals surface area contributed by atoms with E-state index in [0.717, 1.165) is 11.1 Å². The summed E-state index contributed by atoms with van der Waals surface area (Å²) in [6.45, 7) is 3.74. The number of aryl methyl sites for hydroxylation is 2. The molecular formula is C21H18BrClN2O3S. The normalized spacial score (nSPS) is 11.2. The molecule has 0 atom stereocenters. The lowest BCUT2D eigenvalue weighted by atomic mass is 10.1. The third-order valence-corrected chi connectivity index (χ3v) is 6.77. The van der Waals surface area contributed by atoms with Crippen molar-refractivity contribution < 1.29 is 13.2 Å². The minimum atomic E-state index is -3.99. The third kappa shape index (κ3) is 4.98. The molecule has 0 spiro atoms. The van der Waals surface area contributed by atoms with Crippen LogP contribution in [-0.2, 0) is 10.0 Å². The van der Waals surface area contributed by atoms with Crippen LogP contribution in [-0.4, -0.2) is 14.3 Å². The Morgan fingerprint density at radius 1 is 0.966 bits per heavy atom. The number of benzene rings is 3. The van der Waals surface area contributed by atoms with Crippen LogP contribution in [0, 0.1) is 13.8 Å². The van der Waals surface area contributed by atoms with E-state index in [4.69, 9.17) is 11.6 Å². The summed E-state index contributed by atoms with van der Waals surface area (Å²) in [6, 6.07) is 16.7. The third-order valence-electron chi connectivity index (χ3n) is 4.23. The summed E-state index contributed by atoms with van der Waals surface area (Å²) in [5, 5.41) is 2.77. The van der Waals surface area contributed by atoms with Crippen LogP contribution in [0.1, 0.15) is 21.5 Å². The zero-order chi connectivity index (χ0) is 21.2. The van der Waals surface area contributed by atoms with E-state index in [1.54, 1.807) is 24.3 Å². The quantitative estimate of drug-likeness (QED) is 0.473. The van der Waals surface area contributed by atoms with Gasteiger partial charge in [-0.05, 0) is 71.7 Å². The molecule has 5 nitrogen and oxygen atoms in total. The standard InChI is InChI=1S/C21H18BrClN2O3S/c1-13-7-10-18(14(2)11-13)25-29(27,28)20-12-15(8-9-17(20)23)21(26)24-19-6-4-3-5-16(19)22/h3-12,25H,1-2H3,(H,24,26). The predicted molar refractivity (Wildman–Crippen MR) is 120 cm³/mol. The molecule has 3 aromatic carbocycles. The fraction of sp³-hybridized carbons (Fsp3) is 0.0952. The Kier molecular flexibility index (Phi) is 6.31. The molecule has 3 aromatic rings. The van der Waals surface area contributed by atoms with Gasteiger partial charge in [0, 0.05) is 10.0 Å². The number of carbonyl (C=O) groups is 1. The summed E-state index contributed by atoms with van der Waals surface area (Å²) in [7, 11) is -3.99. The van der Waals surface area contributed by atoms with Gasteiger partial charge in [0.1, 0.15) is 4.90 Å². The van der Waals surface area contributed by atoms with E-state index in [-0.39, 0.29) is 15.5 Å². The van der Waals surface area contributed by atoms with Crippen LogP contribution in [0.5, 0.6) is 0 Å². The molecule has 2 N–H and O–H groups in total. The van der Waals surface area contributed by atoms with Gasteiger partial charge in [0.2, 0.25) is 0 Å². The van der Waals surface area contributed by atoms with Crippen LogP contribution >= 0.6 is 27.5 Å². The van der Waals surface area contributed by atoms with Crippen molar-refractivity contribution in [1.29, 1.82) is 0 Å². The van der Waals surface area contributed by atoms with Crippen molar-refractivity contribution in [2.24, 2.45) is 0 Å². The van der Waals surface area contributed by atoms with Crippen molar-refractivity contribution in [2.45, 2.75) is 18.7 Å². The minimum Gasteiger partial charge on any atom is -0.321 e. The molecule has 0 radical (unpaired) electrons. The maximum atomic E-state index is 12.9. The molecule has 0 bridgehead atoms. The van der Waals surface area contributed by atoms with E-state index in [1.807, 2.05) is 32.0 Å². The first-order valence-electron chi connectivity index (χ1n) is 8.63. The smallest absolute Gasteiger partial charge is 0.263 e. The highest BCUT2D eigenvalue weighted by Crippen LogP contribution is 2.28. The molecular weight excluding hydrogens is 476 g/mol. The molecule has 0 aliphatic carbocycles. The van der Waals surface area contributed by atoms with Crippen LogP contribution in [0.25, 0.3) is 0 Å². The molecule has 29 heavy (non-hydrogen) atoms. The average Bonchev–Trinajstić information content (AvgIpc) is 2.66. The second kappa shape index (κ2) is 8.57. The zero-order valence-corrected chi connectivity index (χ0v) is 18.8. The van der Waals surface area contributed by atoms with E-state index >= 15 is 0 Å². The summed E-state index contributed by atoms with van der Waals surface area (Å²) in [5.74, 6) is -0.448. The van der Waals surface area contributed by atoms with Crippen molar-refractivity contribution >= 4 is 54.8 Å². The van der Waals surface area contributed by atoms with Gasteiger partial charge in [-0.2, -0.15) is 0 Å². The highest BCUT2D eigenvalue weighted by Gasteiger charge is 2.21. The zero-order valence-electron chi connectivity index (χ0n) is 15.7. The number of anilines is 2. The fourth-order valence-corrected chi connectivity index (χ4v) is 4.78. The first-order chi connectivity index (χ1) is 13.7. The number of para-hydroxylation sites is 1. The second-order valence-electron chi connectivity index (χ2n) is 6.50. The molecule has 3 rings (SSSR count). The molecule has 0 fully saturated rings. The van der Waals surface area contributed by atoms with Crippen LogP contribution in [0.4, 0.5) is 11.4 Å². The summed E-state index contributed by atoms with van der Waals surface area (Å²) in [6.07, 6.45) is 0. The van der Waals surface area contributed by atoms with Gasteiger partial charge in [0.25, 0.3) is 15.9 Å². The second-order valence-corrected chi connectivity index (χ2v) is 9.42. The molecule has 0 unspecified atom stereocenters. The van der Waals surface area contributed by atoms with Crippen LogP contribution in [0.15, 0.2) is 70.0 Å². The largest absolute Gasteiger partial charge is 0.321 e. The van der Waals surface area contributed by atoms with Gasteiger partial charge in [0.15, 0.2) is 0 Å². The molecule has 1 amide bonds. The Labute approximate surface area is 183 Å². The van der Waals surface area contributed by atoms with Crippen LogP contribution < -0.4 is 10.0 Å². The predicted octanol–water partition coefficient (Wildman–Crippen LogP) is 5.77. The van der Waals surface area contributed by atoms with Gasteiger partial charge in [-0.3, -0.25) is 9.52 Å². The summed E-state index contributed by atoms with van der Waals surface area (Å²) in [5.41, 5.74) is 3.01. The molecule has 0 aromatic heterocycles. The maximum absolute atomic E-state index is 12.9. The average molecular weight is 494 g/mol. The Bertz CT molecular complexity index is 1200. The Balaban J connectivity index is 1.91. The van der Waals surface area contributed by atoms with Crippen molar-refractivity contribution in [3.63, 3.8) is 0 Å². The van der Waals surface area contributed by atoms with E-state index in [2.05, 4.69) is 26.0 Å². The van der Waals surface area contributed by atoms with Crippen molar-refractivity contribution in [3.05, 3.63) is 86.8 Å². The highest BCUT2D eigenvalue weighted by molar-refractivity contribution is 9.10. The number of hydrogen-bond acceptors (Lipinski definition) is 3. The summed E-state index contributed by atoms with van der Waals surface area (Å²) >= 11 is 9.51. The molecule has 0 saturated heterocycles. The van der Waals surface area contributed by atoms with Crippen molar-refractivity contribution in [2.75, 3.05) is 10.0 Å². The van der Waals surface area contributed by atoms with E-state index in [1.165, 1.54) is 18.2 Å².